The Morgan fingerprint density at radius 3 is 2.39 bits per heavy atom. The largest absolute Gasteiger partial charge is 0.497 e. The molecule has 106 valence electrons. The number of rotatable bonds is 3. The molecule has 4 atom stereocenters. The van der Waals surface area contributed by atoms with Crippen LogP contribution < -0.4 is 0 Å². The number of carbonyl (C=O) groups excluding carboxylic acids is 1. The molecule has 18 heavy (non-hydrogen) atoms. The van der Waals surface area contributed by atoms with Crippen LogP contribution in [0.3, 0.4) is 0 Å². The maximum Gasteiger partial charge on any atom is 0.337 e. The summed E-state index contributed by atoms with van der Waals surface area (Å²) in [5, 5.41) is 9.71. The third-order valence-electron chi connectivity index (χ3n) is 3.01. The van der Waals surface area contributed by atoms with Crippen molar-refractivity contribution >= 4 is 5.97 Å². The normalized spacial score (nSPS) is 28.2. The first-order valence-corrected chi connectivity index (χ1v) is 6.17. The van der Waals surface area contributed by atoms with Crippen LogP contribution in [0.25, 0.3) is 0 Å². The lowest BCUT2D eigenvalue weighted by atomic mass is 9.82. The summed E-state index contributed by atoms with van der Waals surface area (Å²) >= 11 is 0. The van der Waals surface area contributed by atoms with Crippen LogP contribution in [0.4, 0.5) is 0 Å². The van der Waals surface area contributed by atoms with E-state index in [1.807, 2.05) is 27.7 Å². The van der Waals surface area contributed by atoms with E-state index in [-0.39, 0.29) is 17.9 Å². The molecule has 0 saturated heterocycles. The highest BCUT2D eigenvalue weighted by molar-refractivity contribution is 5.88. The monoisotopic (exact) mass is 260 g/mol. The SMILES string of the molecule is CC.COC(=O)C1=COC(C)C(C(O)OC)C1C. The van der Waals surface area contributed by atoms with Gasteiger partial charge in [-0.05, 0) is 6.92 Å². The number of aliphatic hydroxyl groups excluding tert-OH is 1. The van der Waals surface area contributed by atoms with Gasteiger partial charge in [0, 0.05) is 13.0 Å². The smallest absolute Gasteiger partial charge is 0.337 e. The van der Waals surface area contributed by atoms with Crippen molar-refractivity contribution in [3.63, 3.8) is 0 Å². The van der Waals surface area contributed by atoms with Crippen LogP contribution in [0.15, 0.2) is 11.8 Å². The van der Waals surface area contributed by atoms with Gasteiger partial charge in [0.1, 0.15) is 6.10 Å². The minimum absolute atomic E-state index is 0.175. The van der Waals surface area contributed by atoms with Crippen molar-refractivity contribution in [2.45, 2.75) is 40.1 Å². The van der Waals surface area contributed by atoms with E-state index >= 15 is 0 Å². The average Bonchev–Trinajstić information content (AvgIpc) is 2.40. The van der Waals surface area contributed by atoms with Crippen molar-refractivity contribution in [2.75, 3.05) is 14.2 Å². The van der Waals surface area contributed by atoms with Gasteiger partial charge in [0.25, 0.3) is 0 Å². The molecule has 4 unspecified atom stereocenters. The van der Waals surface area contributed by atoms with Crippen molar-refractivity contribution in [1.82, 2.24) is 0 Å². The second kappa shape index (κ2) is 8.11. The molecule has 5 nitrogen and oxygen atoms in total. The van der Waals surface area contributed by atoms with E-state index < -0.39 is 12.3 Å². The summed E-state index contributed by atoms with van der Waals surface area (Å²) in [4.78, 5) is 11.4. The van der Waals surface area contributed by atoms with Crippen molar-refractivity contribution in [2.24, 2.45) is 11.8 Å². The third kappa shape index (κ3) is 3.71. The molecule has 0 saturated carbocycles. The number of carbonyl (C=O) groups is 1. The molecule has 0 amide bonds. The van der Waals surface area contributed by atoms with E-state index in [9.17, 15) is 9.90 Å². The Hall–Kier alpha value is -1.07. The third-order valence-corrected chi connectivity index (χ3v) is 3.01. The van der Waals surface area contributed by atoms with Gasteiger partial charge in [0.2, 0.25) is 0 Å². The zero-order chi connectivity index (χ0) is 14.3. The first-order chi connectivity index (χ1) is 8.52. The summed E-state index contributed by atoms with van der Waals surface area (Å²) in [7, 11) is 2.73. The molecule has 0 bridgehead atoms. The summed E-state index contributed by atoms with van der Waals surface area (Å²) < 4.78 is 14.9. The predicted molar refractivity (Wildman–Crippen MR) is 67.7 cm³/mol. The summed E-state index contributed by atoms with van der Waals surface area (Å²) in [6, 6.07) is 0. The van der Waals surface area contributed by atoms with E-state index in [2.05, 4.69) is 4.74 Å². The minimum atomic E-state index is -0.960. The molecule has 0 radical (unpaired) electrons. The Labute approximate surface area is 109 Å². The van der Waals surface area contributed by atoms with Gasteiger partial charge in [-0.2, -0.15) is 0 Å². The van der Waals surface area contributed by atoms with Crippen LogP contribution in [0.2, 0.25) is 0 Å². The molecule has 1 rings (SSSR count). The minimum Gasteiger partial charge on any atom is -0.497 e. The van der Waals surface area contributed by atoms with Crippen LogP contribution in [0, 0.1) is 11.8 Å². The first kappa shape index (κ1) is 16.9. The van der Waals surface area contributed by atoms with Gasteiger partial charge in [-0.15, -0.1) is 0 Å². The zero-order valence-corrected chi connectivity index (χ0v) is 12.0. The topological polar surface area (TPSA) is 65.0 Å². The maximum atomic E-state index is 11.4. The highest BCUT2D eigenvalue weighted by Gasteiger charge is 2.39. The molecule has 0 spiro atoms. The lowest BCUT2D eigenvalue weighted by Gasteiger charge is -2.35. The van der Waals surface area contributed by atoms with E-state index in [4.69, 9.17) is 9.47 Å². The van der Waals surface area contributed by atoms with E-state index in [0.29, 0.717) is 5.57 Å². The Morgan fingerprint density at radius 2 is 1.94 bits per heavy atom. The van der Waals surface area contributed by atoms with E-state index in [1.165, 1.54) is 20.5 Å². The number of aliphatic hydroxyl groups is 1. The van der Waals surface area contributed by atoms with Gasteiger partial charge in [0.15, 0.2) is 6.29 Å². The van der Waals surface area contributed by atoms with Crippen LogP contribution in [0.1, 0.15) is 27.7 Å². The highest BCUT2D eigenvalue weighted by atomic mass is 16.6. The Balaban J connectivity index is 0.00000137. The standard InChI is InChI=1S/C11H18O5.C2H6/c1-6-8(10(12)14-3)5-16-7(2)9(6)11(13)15-4;1-2/h5-7,9,11,13H,1-4H3;1-2H3. The van der Waals surface area contributed by atoms with Gasteiger partial charge in [-0.3, -0.25) is 0 Å². The van der Waals surface area contributed by atoms with Crippen LogP contribution in [-0.4, -0.2) is 37.7 Å². The van der Waals surface area contributed by atoms with Crippen molar-refractivity contribution in [3.8, 4) is 0 Å². The molecule has 1 N–H and O–H groups in total. The fraction of sp³-hybridized carbons (Fsp3) is 0.769. The number of hydrogen-bond acceptors (Lipinski definition) is 5. The van der Waals surface area contributed by atoms with E-state index in [1.54, 1.807) is 0 Å². The molecule has 1 heterocycles. The Bertz CT molecular complexity index is 287. The summed E-state index contributed by atoms with van der Waals surface area (Å²) in [6.07, 6.45) is 0.233. The fourth-order valence-corrected chi connectivity index (χ4v) is 1.98. The number of hydrogen-bond donors (Lipinski definition) is 1. The van der Waals surface area contributed by atoms with Gasteiger partial charge in [-0.25, -0.2) is 4.79 Å². The molecule has 5 heteroatoms. The summed E-state index contributed by atoms with van der Waals surface area (Å²) in [5.74, 6) is -0.900. The van der Waals surface area contributed by atoms with Crippen LogP contribution in [-0.2, 0) is 19.0 Å². The molecule has 0 aromatic heterocycles. The molecule has 0 aromatic carbocycles. The van der Waals surface area contributed by atoms with Gasteiger partial charge in [-0.1, -0.05) is 20.8 Å². The molecule has 0 aromatic rings. The van der Waals surface area contributed by atoms with Crippen molar-refractivity contribution < 1.29 is 24.1 Å². The van der Waals surface area contributed by atoms with Crippen LogP contribution >= 0.6 is 0 Å². The Kier molecular flexibility index (Phi) is 7.62. The summed E-state index contributed by atoms with van der Waals surface area (Å²) in [5.41, 5.74) is 0.418. The molecule has 1 aliphatic heterocycles. The molecular weight excluding hydrogens is 236 g/mol. The van der Waals surface area contributed by atoms with Crippen molar-refractivity contribution in [3.05, 3.63) is 11.8 Å². The molecule has 0 fully saturated rings. The van der Waals surface area contributed by atoms with Gasteiger partial charge >= 0.3 is 5.97 Å². The second-order valence-corrected chi connectivity index (χ2v) is 3.90. The second-order valence-electron chi connectivity index (χ2n) is 3.90. The van der Waals surface area contributed by atoms with Crippen LogP contribution in [0.5, 0.6) is 0 Å². The fourth-order valence-electron chi connectivity index (χ4n) is 1.98. The lowest BCUT2D eigenvalue weighted by molar-refractivity contribution is -0.159. The Morgan fingerprint density at radius 1 is 1.39 bits per heavy atom. The van der Waals surface area contributed by atoms with Gasteiger partial charge < -0.3 is 19.3 Å². The summed E-state index contributed by atoms with van der Waals surface area (Å²) in [6.45, 7) is 7.67. The number of esters is 1. The predicted octanol–water partition coefficient (Wildman–Crippen LogP) is 1.71. The number of methoxy groups -OCH3 is 2. The van der Waals surface area contributed by atoms with Crippen molar-refractivity contribution in [1.29, 1.82) is 0 Å². The number of ether oxygens (including phenoxy) is 3. The zero-order valence-electron chi connectivity index (χ0n) is 12.0. The van der Waals surface area contributed by atoms with Gasteiger partial charge in [0.05, 0.1) is 24.9 Å². The lowest BCUT2D eigenvalue weighted by Crippen LogP contribution is -2.41. The molecular formula is C13H24O5. The maximum absolute atomic E-state index is 11.4. The highest BCUT2D eigenvalue weighted by Crippen LogP contribution is 2.33. The quantitative estimate of drug-likeness (QED) is 0.618. The van der Waals surface area contributed by atoms with E-state index in [0.717, 1.165) is 0 Å². The first-order valence-electron chi connectivity index (χ1n) is 6.17. The molecule has 0 aliphatic carbocycles. The average molecular weight is 260 g/mol. The molecule has 1 aliphatic rings.